The summed E-state index contributed by atoms with van der Waals surface area (Å²) in [6, 6.07) is 0.826. The third-order valence-electron chi connectivity index (χ3n) is 2.18. The standard InChI is InChI=1S/C7H10NO/c9-7-3-5-1-2-6(4-7)8-5/h5-6H,1-4H2. The lowest BCUT2D eigenvalue weighted by atomic mass is 10.1. The molecular weight excluding hydrogens is 114 g/mol. The van der Waals surface area contributed by atoms with Crippen LogP contribution in [-0.4, -0.2) is 17.9 Å². The molecule has 0 aromatic carbocycles. The molecule has 0 spiro atoms. The van der Waals surface area contributed by atoms with Crippen LogP contribution in [0.1, 0.15) is 25.7 Å². The molecule has 49 valence electrons. The second-order valence-electron chi connectivity index (χ2n) is 2.98. The Labute approximate surface area is 54.6 Å². The van der Waals surface area contributed by atoms with E-state index in [1.54, 1.807) is 0 Å². The van der Waals surface area contributed by atoms with Gasteiger partial charge in [-0.25, -0.2) is 5.32 Å². The predicted molar refractivity (Wildman–Crippen MR) is 33.2 cm³/mol. The molecule has 0 aromatic rings. The summed E-state index contributed by atoms with van der Waals surface area (Å²) in [4.78, 5) is 10.9. The van der Waals surface area contributed by atoms with Gasteiger partial charge in [-0.1, -0.05) is 0 Å². The minimum atomic E-state index is 0.413. The van der Waals surface area contributed by atoms with Gasteiger partial charge in [0, 0.05) is 24.9 Å². The molecule has 2 bridgehead atoms. The third kappa shape index (κ3) is 0.874. The first-order chi connectivity index (χ1) is 4.34. The molecule has 2 heteroatoms. The monoisotopic (exact) mass is 124 g/mol. The Morgan fingerprint density at radius 2 is 1.78 bits per heavy atom. The normalized spacial score (nSPS) is 41.6. The first kappa shape index (κ1) is 5.42. The highest BCUT2D eigenvalue weighted by atomic mass is 16.1. The highest BCUT2D eigenvalue weighted by Crippen LogP contribution is 2.25. The quantitative estimate of drug-likeness (QED) is 0.462. The zero-order valence-corrected chi connectivity index (χ0v) is 5.34. The van der Waals surface area contributed by atoms with E-state index in [0.29, 0.717) is 17.9 Å². The second kappa shape index (κ2) is 1.81. The van der Waals surface area contributed by atoms with E-state index < -0.39 is 0 Å². The molecule has 0 aromatic heterocycles. The Balaban J connectivity index is 2.11. The summed E-state index contributed by atoms with van der Waals surface area (Å²) in [5.74, 6) is 0.428. The Morgan fingerprint density at radius 1 is 1.22 bits per heavy atom. The van der Waals surface area contributed by atoms with Crippen molar-refractivity contribution in [1.82, 2.24) is 5.32 Å². The van der Waals surface area contributed by atoms with Crippen LogP contribution in [-0.2, 0) is 4.79 Å². The average Bonchev–Trinajstić information content (AvgIpc) is 2.11. The van der Waals surface area contributed by atoms with Crippen LogP contribution >= 0.6 is 0 Å². The lowest BCUT2D eigenvalue weighted by molar-refractivity contribution is -0.120. The Morgan fingerprint density at radius 3 is 2.33 bits per heavy atom. The number of hydrogen-bond acceptors (Lipinski definition) is 1. The number of ketones is 1. The number of nitrogens with zero attached hydrogens (tertiary/aromatic N) is 1. The summed E-state index contributed by atoms with van der Waals surface area (Å²) in [6.07, 6.45) is 3.79. The van der Waals surface area contributed by atoms with Crippen molar-refractivity contribution in [2.24, 2.45) is 0 Å². The summed E-state index contributed by atoms with van der Waals surface area (Å²) < 4.78 is 0. The molecule has 2 rings (SSSR count). The number of hydrogen-bond donors (Lipinski definition) is 0. The number of Topliss-reactive ketones (excluding diaryl/α,β-unsaturated/α-hetero) is 1. The van der Waals surface area contributed by atoms with Gasteiger partial charge in [0.05, 0.1) is 0 Å². The van der Waals surface area contributed by atoms with Gasteiger partial charge in [0.25, 0.3) is 0 Å². The smallest absolute Gasteiger partial charge is 0.136 e. The van der Waals surface area contributed by atoms with E-state index in [0.717, 1.165) is 25.7 Å². The summed E-state index contributed by atoms with van der Waals surface area (Å²) in [5, 5.41) is 4.42. The average molecular weight is 124 g/mol. The number of fused-ring (bicyclic) bond motifs is 2. The van der Waals surface area contributed by atoms with E-state index in [1.165, 1.54) is 0 Å². The van der Waals surface area contributed by atoms with Gasteiger partial charge < -0.3 is 0 Å². The van der Waals surface area contributed by atoms with Crippen molar-refractivity contribution in [3.8, 4) is 0 Å². The van der Waals surface area contributed by atoms with Gasteiger partial charge in [-0.2, -0.15) is 0 Å². The van der Waals surface area contributed by atoms with Gasteiger partial charge in [-0.15, -0.1) is 0 Å². The molecule has 9 heavy (non-hydrogen) atoms. The molecule has 2 heterocycles. The van der Waals surface area contributed by atoms with Crippen LogP contribution in [0.4, 0.5) is 0 Å². The molecule has 2 aliphatic heterocycles. The zero-order valence-electron chi connectivity index (χ0n) is 5.34. The van der Waals surface area contributed by atoms with E-state index in [-0.39, 0.29) is 0 Å². The van der Waals surface area contributed by atoms with Crippen molar-refractivity contribution in [3.63, 3.8) is 0 Å². The summed E-state index contributed by atoms with van der Waals surface area (Å²) in [5.41, 5.74) is 0. The fraction of sp³-hybridized carbons (Fsp3) is 0.857. The van der Waals surface area contributed by atoms with Crippen molar-refractivity contribution >= 4 is 5.78 Å². The van der Waals surface area contributed by atoms with Crippen molar-refractivity contribution < 1.29 is 4.79 Å². The van der Waals surface area contributed by atoms with E-state index in [1.807, 2.05) is 0 Å². The first-order valence-corrected chi connectivity index (χ1v) is 3.56. The van der Waals surface area contributed by atoms with Crippen LogP contribution in [0.5, 0.6) is 0 Å². The Bertz CT molecular complexity index is 130. The fourth-order valence-corrected chi connectivity index (χ4v) is 1.75. The maximum absolute atomic E-state index is 10.9. The van der Waals surface area contributed by atoms with E-state index in [9.17, 15) is 4.79 Å². The number of rotatable bonds is 0. The molecule has 1 radical (unpaired) electrons. The van der Waals surface area contributed by atoms with E-state index >= 15 is 0 Å². The maximum Gasteiger partial charge on any atom is 0.136 e. The maximum atomic E-state index is 10.9. The molecule has 2 unspecified atom stereocenters. The Kier molecular flexibility index (Phi) is 1.09. The fourth-order valence-electron chi connectivity index (χ4n) is 1.75. The lowest BCUT2D eigenvalue weighted by Crippen LogP contribution is -2.32. The molecule has 0 amide bonds. The minimum Gasteiger partial charge on any atom is -0.300 e. The van der Waals surface area contributed by atoms with Crippen molar-refractivity contribution in [2.75, 3.05) is 0 Å². The molecule has 2 atom stereocenters. The zero-order chi connectivity index (χ0) is 6.27. The third-order valence-corrected chi connectivity index (χ3v) is 2.18. The van der Waals surface area contributed by atoms with Gasteiger partial charge in [-0.3, -0.25) is 4.79 Å². The molecule has 0 aliphatic carbocycles. The molecule has 2 saturated heterocycles. The summed E-state index contributed by atoms with van der Waals surface area (Å²) in [6.45, 7) is 0. The molecule has 2 nitrogen and oxygen atoms in total. The van der Waals surface area contributed by atoms with Crippen LogP contribution in [0.25, 0.3) is 0 Å². The highest BCUT2D eigenvalue weighted by molar-refractivity contribution is 5.80. The van der Waals surface area contributed by atoms with Gasteiger partial charge in [0.1, 0.15) is 5.78 Å². The van der Waals surface area contributed by atoms with E-state index in [4.69, 9.17) is 0 Å². The van der Waals surface area contributed by atoms with Crippen LogP contribution < -0.4 is 5.32 Å². The molecule has 0 N–H and O–H groups in total. The largest absolute Gasteiger partial charge is 0.300 e. The van der Waals surface area contributed by atoms with Crippen LogP contribution in [0.3, 0.4) is 0 Å². The molecule has 0 saturated carbocycles. The van der Waals surface area contributed by atoms with Crippen LogP contribution in [0.15, 0.2) is 0 Å². The van der Waals surface area contributed by atoms with Crippen LogP contribution in [0, 0.1) is 0 Å². The summed E-state index contributed by atoms with van der Waals surface area (Å²) >= 11 is 0. The predicted octanol–water partition coefficient (Wildman–Crippen LogP) is 0.485. The number of carbonyl (C=O) groups excluding carboxylic acids is 1. The topological polar surface area (TPSA) is 31.2 Å². The first-order valence-electron chi connectivity index (χ1n) is 3.56. The van der Waals surface area contributed by atoms with Crippen molar-refractivity contribution in [1.29, 1.82) is 0 Å². The molecule has 2 fully saturated rings. The van der Waals surface area contributed by atoms with Gasteiger partial charge in [0.15, 0.2) is 0 Å². The van der Waals surface area contributed by atoms with Crippen molar-refractivity contribution in [2.45, 2.75) is 37.8 Å². The number of piperidine rings is 1. The SMILES string of the molecule is O=C1CC2CCC(C1)[N]2. The lowest BCUT2D eigenvalue weighted by Gasteiger charge is -2.16. The summed E-state index contributed by atoms with van der Waals surface area (Å²) in [7, 11) is 0. The van der Waals surface area contributed by atoms with Gasteiger partial charge >= 0.3 is 0 Å². The van der Waals surface area contributed by atoms with Gasteiger partial charge in [0.2, 0.25) is 0 Å². The van der Waals surface area contributed by atoms with Gasteiger partial charge in [-0.05, 0) is 12.8 Å². The second-order valence-corrected chi connectivity index (χ2v) is 2.98. The van der Waals surface area contributed by atoms with Crippen LogP contribution in [0.2, 0.25) is 0 Å². The minimum absolute atomic E-state index is 0.413. The van der Waals surface area contributed by atoms with Crippen molar-refractivity contribution in [3.05, 3.63) is 0 Å². The number of carbonyl (C=O) groups is 1. The highest BCUT2D eigenvalue weighted by Gasteiger charge is 2.33. The molecule has 2 aliphatic rings. The Hall–Kier alpha value is -0.370. The van der Waals surface area contributed by atoms with E-state index in [2.05, 4.69) is 5.32 Å². The molecular formula is C7H10NO.